The first-order valence-electron chi connectivity index (χ1n) is 8.19. The lowest BCUT2D eigenvalue weighted by Gasteiger charge is -2.17. The van der Waals surface area contributed by atoms with E-state index in [1.165, 1.54) is 11.3 Å². The monoisotopic (exact) mass is 359 g/mol. The van der Waals surface area contributed by atoms with Crippen LogP contribution in [-0.2, 0) is 11.2 Å². The van der Waals surface area contributed by atoms with E-state index in [-0.39, 0.29) is 17.9 Å². The smallest absolute Gasteiger partial charge is 0.271 e. The third-order valence-electron chi connectivity index (χ3n) is 4.23. The Labute approximate surface area is 150 Å². The highest BCUT2D eigenvalue weighted by Gasteiger charge is 2.30. The first-order chi connectivity index (χ1) is 12.0. The van der Waals surface area contributed by atoms with E-state index >= 15 is 0 Å². The van der Waals surface area contributed by atoms with Crippen LogP contribution in [0.25, 0.3) is 0 Å². The van der Waals surface area contributed by atoms with Gasteiger partial charge in [0.15, 0.2) is 0 Å². The third kappa shape index (κ3) is 4.36. The zero-order valence-corrected chi connectivity index (χ0v) is 15.1. The Kier molecular flexibility index (Phi) is 5.33. The number of amides is 2. The number of nitrogens with one attached hydrogen (secondary N) is 1. The van der Waals surface area contributed by atoms with Crippen molar-refractivity contribution in [2.45, 2.75) is 25.8 Å². The number of hydrogen-bond acceptors (Lipinski definition) is 5. The number of aryl methyl sites for hydroxylation is 1. The van der Waals surface area contributed by atoms with E-state index in [4.69, 9.17) is 4.74 Å². The SMILES string of the molecule is COc1ccc(CCN2C[C@@H](NC(=O)c3csc(C)n3)CC2=O)cc1. The van der Waals surface area contributed by atoms with Gasteiger partial charge in [0.05, 0.1) is 18.2 Å². The van der Waals surface area contributed by atoms with Crippen molar-refractivity contribution < 1.29 is 14.3 Å². The Bertz CT molecular complexity index is 757. The van der Waals surface area contributed by atoms with Crippen LogP contribution in [0.2, 0.25) is 0 Å². The summed E-state index contributed by atoms with van der Waals surface area (Å²) in [6, 6.07) is 7.68. The van der Waals surface area contributed by atoms with Gasteiger partial charge in [0, 0.05) is 24.9 Å². The van der Waals surface area contributed by atoms with Crippen LogP contribution in [0.15, 0.2) is 29.6 Å². The maximum atomic E-state index is 12.2. The number of hydrogen-bond donors (Lipinski definition) is 1. The number of aromatic nitrogens is 1. The zero-order valence-electron chi connectivity index (χ0n) is 14.3. The number of carbonyl (C=O) groups excluding carboxylic acids is 2. The summed E-state index contributed by atoms with van der Waals surface area (Å²) in [6.07, 6.45) is 1.12. The minimum atomic E-state index is -0.209. The minimum Gasteiger partial charge on any atom is -0.497 e. The van der Waals surface area contributed by atoms with Gasteiger partial charge in [-0.2, -0.15) is 0 Å². The first kappa shape index (κ1) is 17.4. The second-order valence-electron chi connectivity index (χ2n) is 6.06. The number of nitrogens with zero attached hydrogens (tertiary/aromatic N) is 2. The van der Waals surface area contributed by atoms with Crippen molar-refractivity contribution in [1.82, 2.24) is 15.2 Å². The van der Waals surface area contributed by atoms with E-state index in [2.05, 4.69) is 10.3 Å². The van der Waals surface area contributed by atoms with Crippen molar-refractivity contribution >= 4 is 23.2 Å². The van der Waals surface area contributed by atoms with Crippen molar-refractivity contribution in [1.29, 1.82) is 0 Å². The third-order valence-corrected chi connectivity index (χ3v) is 5.00. The fourth-order valence-electron chi connectivity index (χ4n) is 2.87. The second kappa shape index (κ2) is 7.65. The molecule has 6 nitrogen and oxygen atoms in total. The first-order valence-corrected chi connectivity index (χ1v) is 9.07. The largest absolute Gasteiger partial charge is 0.497 e. The summed E-state index contributed by atoms with van der Waals surface area (Å²) in [5, 5.41) is 5.50. The maximum Gasteiger partial charge on any atom is 0.271 e. The van der Waals surface area contributed by atoms with Gasteiger partial charge in [-0.25, -0.2) is 4.98 Å². The number of ether oxygens (including phenoxy) is 1. The van der Waals surface area contributed by atoms with E-state index in [1.54, 1.807) is 12.5 Å². The lowest BCUT2D eigenvalue weighted by atomic mass is 10.1. The average molecular weight is 359 g/mol. The number of benzene rings is 1. The molecule has 1 fully saturated rings. The zero-order chi connectivity index (χ0) is 17.8. The maximum absolute atomic E-state index is 12.2. The normalized spacial score (nSPS) is 17.0. The van der Waals surface area contributed by atoms with Crippen LogP contribution >= 0.6 is 11.3 Å². The van der Waals surface area contributed by atoms with E-state index < -0.39 is 0 Å². The van der Waals surface area contributed by atoms with Crippen LogP contribution in [0, 0.1) is 6.92 Å². The van der Waals surface area contributed by atoms with Crippen LogP contribution in [0.1, 0.15) is 27.5 Å². The molecule has 1 aliphatic heterocycles. The van der Waals surface area contributed by atoms with E-state index in [0.717, 1.165) is 22.7 Å². The highest BCUT2D eigenvalue weighted by Crippen LogP contribution is 2.16. The van der Waals surface area contributed by atoms with Crippen molar-refractivity contribution in [3.63, 3.8) is 0 Å². The van der Waals surface area contributed by atoms with Gasteiger partial charge in [-0.05, 0) is 31.0 Å². The average Bonchev–Trinajstić information content (AvgIpc) is 3.19. The van der Waals surface area contributed by atoms with E-state index in [9.17, 15) is 9.59 Å². The van der Waals surface area contributed by atoms with Crippen molar-refractivity contribution in [3.05, 3.63) is 45.9 Å². The van der Waals surface area contributed by atoms with Crippen molar-refractivity contribution in [2.24, 2.45) is 0 Å². The van der Waals surface area contributed by atoms with Crippen LogP contribution < -0.4 is 10.1 Å². The summed E-state index contributed by atoms with van der Waals surface area (Å²) in [7, 11) is 1.64. The van der Waals surface area contributed by atoms with Gasteiger partial charge in [0.25, 0.3) is 5.91 Å². The minimum absolute atomic E-state index is 0.0771. The molecule has 1 aromatic carbocycles. The van der Waals surface area contributed by atoms with Crippen LogP contribution in [0.5, 0.6) is 5.75 Å². The number of thiazole rings is 1. The molecule has 25 heavy (non-hydrogen) atoms. The molecular weight excluding hydrogens is 338 g/mol. The Morgan fingerprint density at radius 3 is 2.80 bits per heavy atom. The van der Waals surface area contributed by atoms with Crippen molar-refractivity contribution in [2.75, 3.05) is 20.2 Å². The number of likely N-dealkylation sites (tertiary alicyclic amines) is 1. The molecule has 1 saturated heterocycles. The summed E-state index contributed by atoms with van der Waals surface area (Å²) < 4.78 is 5.14. The predicted molar refractivity (Wildman–Crippen MR) is 96.0 cm³/mol. The van der Waals surface area contributed by atoms with Gasteiger partial charge in [-0.1, -0.05) is 12.1 Å². The fraction of sp³-hybridized carbons (Fsp3) is 0.389. The highest BCUT2D eigenvalue weighted by atomic mass is 32.1. The Morgan fingerprint density at radius 1 is 1.40 bits per heavy atom. The molecule has 2 aromatic rings. The standard InChI is InChI=1S/C18H21N3O3S/c1-12-19-16(11-25-12)18(23)20-14-9-17(22)21(10-14)8-7-13-3-5-15(24-2)6-4-13/h3-6,11,14H,7-10H2,1-2H3,(H,20,23)/t14-/m0/s1. The Balaban J connectivity index is 1.50. The topological polar surface area (TPSA) is 71.5 Å². The molecule has 0 aliphatic carbocycles. The molecule has 3 rings (SSSR count). The highest BCUT2D eigenvalue weighted by molar-refractivity contribution is 7.09. The molecule has 132 valence electrons. The van der Waals surface area contributed by atoms with Gasteiger partial charge < -0.3 is 15.0 Å². The Hall–Kier alpha value is -2.41. The number of methoxy groups -OCH3 is 1. The van der Waals surface area contributed by atoms with Gasteiger partial charge >= 0.3 is 0 Å². The summed E-state index contributed by atoms with van der Waals surface area (Å²) >= 11 is 1.44. The summed E-state index contributed by atoms with van der Waals surface area (Å²) in [6.45, 7) is 3.05. The van der Waals surface area contributed by atoms with E-state index in [1.807, 2.05) is 36.1 Å². The molecule has 0 unspecified atom stereocenters. The van der Waals surface area contributed by atoms with Crippen LogP contribution in [0.4, 0.5) is 0 Å². The van der Waals surface area contributed by atoms with Gasteiger partial charge in [0.2, 0.25) is 5.91 Å². The fourth-order valence-corrected chi connectivity index (χ4v) is 3.46. The van der Waals surface area contributed by atoms with Gasteiger partial charge in [0.1, 0.15) is 11.4 Å². The van der Waals surface area contributed by atoms with Crippen LogP contribution in [0.3, 0.4) is 0 Å². The molecule has 0 spiro atoms. The molecule has 7 heteroatoms. The summed E-state index contributed by atoms with van der Waals surface area (Å²) in [4.78, 5) is 30.3. The molecule has 1 aliphatic rings. The lowest BCUT2D eigenvalue weighted by molar-refractivity contribution is -0.127. The van der Waals surface area contributed by atoms with Crippen LogP contribution in [-0.4, -0.2) is 47.9 Å². The number of rotatable bonds is 6. The van der Waals surface area contributed by atoms with Gasteiger partial charge in [-0.3, -0.25) is 9.59 Å². The molecule has 1 N–H and O–H groups in total. The molecule has 1 atom stereocenters. The number of carbonyl (C=O) groups is 2. The van der Waals surface area contributed by atoms with Gasteiger partial charge in [-0.15, -0.1) is 11.3 Å². The predicted octanol–water partition coefficient (Wildman–Crippen LogP) is 2.03. The molecule has 0 radical (unpaired) electrons. The Morgan fingerprint density at radius 2 is 2.16 bits per heavy atom. The molecule has 2 amide bonds. The molecule has 0 bridgehead atoms. The molecule has 0 saturated carbocycles. The lowest BCUT2D eigenvalue weighted by Crippen LogP contribution is -2.37. The van der Waals surface area contributed by atoms with E-state index in [0.29, 0.717) is 25.2 Å². The summed E-state index contributed by atoms with van der Waals surface area (Å²) in [5.74, 6) is 0.688. The summed E-state index contributed by atoms with van der Waals surface area (Å²) in [5.41, 5.74) is 1.57. The molecular formula is C18H21N3O3S. The van der Waals surface area contributed by atoms with Crippen molar-refractivity contribution in [3.8, 4) is 5.75 Å². The molecule has 1 aromatic heterocycles. The quantitative estimate of drug-likeness (QED) is 0.857. The molecule has 2 heterocycles. The second-order valence-corrected chi connectivity index (χ2v) is 7.13.